The maximum atomic E-state index is 5.81. The van der Waals surface area contributed by atoms with Crippen molar-refractivity contribution < 1.29 is 4.74 Å². The molecule has 1 aliphatic heterocycles. The summed E-state index contributed by atoms with van der Waals surface area (Å²) in [5, 5.41) is 4.78. The molecule has 3 nitrogen and oxygen atoms in total. The third-order valence-electron chi connectivity index (χ3n) is 4.03. The zero-order valence-electron chi connectivity index (χ0n) is 11.9. The lowest BCUT2D eigenvalue weighted by molar-refractivity contribution is -0.0303. The van der Waals surface area contributed by atoms with E-state index in [2.05, 4.69) is 33.1 Å². The van der Waals surface area contributed by atoms with Gasteiger partial charge in [0.2, 0.25) is 0 Å². The molecule has 2 rings (SSSR count). The molecule has 0 spiro atoms. The number of ether oxygens (including phenoxy) is 1. The van der Waals surface area contributed by atoms with Crippen molar-refractivity contribution in [3.63, 3.8) is 0 Å². The van der Waals surface area contributed by atoms with Crippen molar-refractivity contribution in [2.75, 3.05) is 13.7 Å². The third-order valence-corrected chi connectivity index (χ3v) is 5.25. The van der Waals surface area contributed by atoms with Crippen molar-refractivity contribution in [3.8, 4) is 0 Å². The van der Waals surface area contributed by atoms with Crippen LogP contribution in [-0.4, -0.2) is 24.7 Å². The fraction of sp³-hybridized carbons (Fsp3) is 0.786. The molecular formula is C14H24N2OS. The average molecular weight is 268 g/mol. The molecule has 1 aliphatic rings. The van der Waals surface area contributed by atoms with Gasteiger partial charge in [0.15, 0.2) is 0 Å². The molecular weight excluding hydrogens is 244 g/mol. The van der Waals surface area contributed by atoms with Gasteiger partial charge in [0, 0.05) is 11.5 Å². The molecule has 0 saturated carbocycles. The number of rotatable bonds is 4. The predicted octanol–water partition coefficient (Wildman–Crippen LogP) is 3.02. The van der Waals surface area contributed by atoms with Gasteiger partial charge in [-0.15, -0.1) is 11.3 Å². The molecule has 1 saturated heterocycles. The van der Waals surface area contributed by atoms with Gasteiger partial charge in [0.25, 0.3) is 0 Å². The van der Waals surface area contributed by atoms with E-state index in [0.29, 0.717) is 6.10 Å². The molecule has 1 aromatic heterocycles. The van der Waals surface area contributed by atoms with Gasteiger partial charge < -0.3 is 10.1 Å². The Labute approximate surface area is 114 Å². The molecule has 0 aromatic carbocycles. The number of aryl methyl sites for hydroxylation is 2. The smallest absolute Gasteiger partial charge is 0.113 e. The van der Waals surface area contributed by atoms with Crippen LogP contribution in [0.4, 0.5) is 0 Å². The minimum absolute atomic E-state index is 0.0295. The zero-order chi connectivity index (χ0) is 13.2. The van der Waals surface area contributed by atoms with Crippen LogP contribution in [0.3, 0.4) is 0 Å². The second-order valence-electron chi connectivity index (χ2n) is 5.06. The van der Waals surface area contributed by atoms with E-state index in [1.807, 2.05) is 11.3 Å². The Morgan fingerprint density at radius 3 is 2.83 bits per heavy atom. The van der Waals surface area contributed by atoms with E-state index in [9.17, 15) is 0 Å². The van der Waals surface area contributed by atoms with Crippen molar-refractivity contribution in [1.82, 2.24) is 10.3 Å². The van der Waals surface area contributed by atoms with Crippen LogP contribution in [0.5, 0.6) is 0 Å². The van der Waals surface area contributed by atoms with Gasteiger partial charge in [0.05, 0.1) is 17.3 Å². The van der Waals surface area contributed by atoms with Gasteiger partial charge in [-0.05, 0) is 39.7 Å². The lowest BCUT2D eigenvalue weighted by Gasteiger charge is -2.39. The fourth-order valence-corrected chi connectivity index (χ4v) is 3.94. The molecule has 0 amide bonds. The molecule has 0 radical (unpaired) electrons. The van der Waals surface area contributed by atoms with Crippen molar-refractivity contribution in [2.45, 2.75) is 58.1 Å². The first-order valence-corrected chi connectivity index (χ1v) is 7.74. The minimum Gasteiger partial charge on any atom is -0.378 e. The maximum absolute atomic E-state index is 5.81. The zero-order valence-corrected chi connectivity index (χ0v) is 12.7. The number of hydrogen-bond acceptors (Lipinski definition) is 4. The number of thiazole rings is 1. The standard InChI is InChI=1S/C14H24N2OS/c1-5-11-9-14(15-4,7-8-17-11)13-16-12(6-2)10(3)18-13/h11,15H,5-9H2,1-4H3. The normalized spacial score (nSPS) is 28.6. The van der Waals surface area contributed by atoms with Gasteiger partial charge in [-0.25, -0.2) is 4.98 Å². The van der Waals surface area contributed by atoms with Crippen molar-refractivity contribution in [2.24, 2.45) is 0 Å². The van der Waals surface area contributed by atoms with Crippen LogP contribution in [0.25, 0.3) is 0 Å². The van der Waals surface area contributed by atoms with Crippen LogP contribution in [0.1, 0.15) is 48.7 Å². The number of aromatic nitrogens is 1. The molecule has 102 valence electrons. The topological polar surface area (TPSA) is 34.2 Å². The molecule has 18 heavy (non-hydrogen) atoms. The van der Waals surface area contributed by atoms with Crippen molar-refractivity contribution in [3.05, 3.63) is 15.6 Å². The summed E-state index contributed by atoms with van der Waals surface area (Å²) in [6.07, 6.45) is 4.52. The summed E-state index contributed by atoms with van der Waals surface area (Å²) >= 11 is 1.85. The molecule has 1 N–H and O–H groups in total. The number of hydrogen-bond donors (Lipinski definition) is 1. The van der Waals surface area contributed by atoms with E-state index in [1.165, 1.54) is 15.6 Å². The van der Waals surface area contributed by atoms with Crippen LogP contribution in [0.15, 0.2) is 0 Å². The molecule has 1 fully saturated rings. The molecule has 2 unspecified atom stereocenters. The van der Waals surface area contributed by atoms with Crippen LogP contribution in [-0.2, 0) is 16.7 Å². The second-order valence-corrected chi connectivity index (χ2v) is 6.27. The lowest BCUT2D eigenvalue weighted by atomic mass is 9.86. The molecule has 1 aromatic rings. The Morgan fingerprint density at radius 2 is 2.28 bits per heavy atom. The van der Waals surface area contributed by atoms with Gasteiger partial charge in [-0.3, -0.25) is 0 Å². The summed E-state index contributed by atoms with van der Waals surface area (Å²) < 4.78 is 5.81. The first-order chi connectivity index (χ1) is 8.65. The molecule has 0 bridgehead atoms. The summed E-state index contributed by atoms with van der Waals surface area (Å²) in [5.41, 5.74) is 1.28. The highest BCUT2D eigenvalue weighted by Crippen LogP contribution is 2.38. The van der Waals surface area contributed by atoms with E-state index in [-0.39, 0.29) is 5.54 Å². The Morgan fingerprint density at radius 1 is 1.50 bits per heavy atom. The summed E-state index contributed by atoms with van der Waals surface area (Å²) in [6.45, 7) is 7.39. The monoisotopic (exact) mass is 268 g/mol. The van der Waals surface area contributed by atoms with Crippen molar-refractivity contribution in [1.29, 1.82) is 0 Å². The van der Waals surface area contributed by atoms with Crippen LogP contribution >= 0.6 is 11.3 Å². The van der Waals surface area contributed by atoms with Crippen LogP contribution < -0.4 is 5.32 Å². The SMILES string of the molecule is CCc1nc(C2(NC)CCOC(CC)C2)sc1C. The number of nitrogens with zero attached hydrogens (tertiary/aromatic N) is 1. The highest BCUT2D eigenvalue weighted by atomic mass is 32.1. The van der Waals surface area contributed by atoms with E-state index in [4.69, 9.17) is 9.72 Å². The molecule has 0 aliphatic carbocycles. The van der Waals surface area contributed by atoms with Gasteiger partial charge in [0.1, 0.15) is 5.01 Å². The van der Waals surface area contributed by atoms with E-state index < -0.39 is 0 Å². The van der Waals surface area contributed by atoms with Crippen LogP contribution in [0, 0.1) is 6.92 Å². The van der Waals surface area contributed by atoms with E-state index in [1.54, 1.807) is 0 Å². The quantitative estimate of drug-likeness (QED) is 0.911. The second kappa shape index (κ2) is 5.68. The average Bonchev–Trinajstić information content (AvgIpc) is 2.80. The van der Waals surface area contributed by atoms with Gasteiger partial charge in [-0.1, -0.05) is 13.8 Å². The fourth-order valence-electron chi connectivity index (χ4n) is 2.70. The highest BCUT2D eigenvalue weighted by Gasteiger charge is 2.39. The lowest BCUT2D eigenvalue weighted by Crippen LogP contribution is -2.47. The first-order valence-electron chi connectivity index (χ1n) is 6.92. The minimum atomic E-state index is 0.0295. The molecule has 2 atom stereocenters. The third kappa shape index (κ3) is 2.46. The largest absolute Gasteiger partial charge is 0.378 e. The summed E-state index contributed by atoms with van der Waals surface area (Å²) in [4.78, 5) is 6.23. The summed E-state index contributed by atoms with van der Waals surface area (Å²) in [7, 11) is 2.06. The first kappa shape index (κ1) is 14.0. The Hall–Kier alpha value is -0.450. The van der Waals surface area contributed by atoms with E-state index >= 15 is 0 Å². The predicted molar refractivity (Wildman–Crippen MR) is 76.2 cm³/mol. The summed E-state index contributed by atoms with van der Waals surface area (Å²) in [5.74, 6) is 0. The molecule has 4 heteroatoms. The summed E-state index contributed by atoms with van der Waals surface area (Å²) in [6, 6.07) is 0. The number of nitrogens with one attached hydrogen (secondary N) is 1. The Bertz CT molecular complexity index is 404. The maximum Gasteiger partial charge on any atom is 0.113 e. The van der Waals surface area contributed by atoms with E-state index in [0.717, 1.165) is 32.3 Å². The van der Waals surface area contributed by atoms with Gasteiger partial charge >= 0.3 is 0 Å². The molecule has 2 heterocycles. The highest BCUT2D eigenvalue weighted by molar-refractivity contribution is 7.11. The van der Waals surface area contributed by atoms with Gasteiger partial charge in [-0.2, -0.15) is 0 Å². The Balaban J connectivity index is 2.30. The van der Waals surface area contributed by atoms with Crippen LogP contribution in [0.2, 0.25) is 0 Å². The Kier molecular flexibility index (Phi) is 4.41. The van der Waals surface area contributed by atoms with Crippen molar-refractivity contribution >= 4 is 11.3 Å².